The molecule has 0 radical (unpaired) electrons. The van der Waals surface area contributed by atoms with Gasteiger partial charge in [0.05, 0.1) is 30.1 Å². The number of nitrogens with one attached hydrogen (secondary N) is 1. The van der Waals surface area contributed by atoms with E-state index in [0.29, 0.717) is 22.7 Å². The molecule has 2 N–H and O–H groups in total. The van der Waals surface area contributed by atoms with Crippen LogP contribution in [-0.4, -0.2) is 68.9 Å². The van der Waals surface area contributed by atoms with Crippen molar-refractivity contribution in [2.24, 2.45) is 4.36 Å². The number of anilines is 2. The molecule has 5 rings (SSSR count). The minimum Gasteiger partial charge on any atom is -0.483 e. The summed E-state index contributed by atoms with van der Waals surface area (Å²) in [5.74, 6) is 0.251. The number of aliphatic hydroxyl groups excluding tert-OH is 1. The van der Waals surface area contributed by atoms with Crippen LogP contribution in [0.4, 0.5) is 21.6 Å². The number of rotatable bonds is 6. The maximum absolute atomic E-state index is 14.2. The van der Waals surface area contributed by atoms with Crippen LogP contribution in [0.5, 0.6) is 5.75 Å². The normalized spacial score (nSPS) is 25.5. The van der Waals surface area contributed by atoms with Crippen LogP contribution in [0, 0.1) is 12.7 Å². The summed E-state index contributed by atoms with van der Waals surface area (Å²) in [6.45, 7) is 5.91. The summed E-state index contributed by atoms with van der Waals surface area (Å²) in [5.41, 5.74) is 1.43. The Labute approximate surface area is 208 Å². The number of aryl methyl sites for hydroxylation is 1. The van der Waals surface area contributed by atoms with E-state index < -0.39 is 39.5 Å². The summed E-state index contributed by atoms with van der Waals surface area (Å²) >= 11 is 0. The largest absolute Gasteiger partial charge is 0.483 e. The van der Waals surface area contributed by atoms with Crippen LogP contribution in [0.3, 0.4) is 0 Å². The van der Waals surface area contributed by atoms with E-state index >= 15 is 0 Å². The molecule has 3 heterocycles. The number of aromatic nitrogens is 2. The highest BCUT2D eigenvalue weighted by Crippen LogP contribution is 2.41. The second-order valence-corrected chi connectivity index (χ2v) is 11.8. The van der Waals surface area contributed by atoms with Crippen LogP contribution in [-0.2, 0) is 19.2 Å². The van der Waals surface area contributed by atoms with Crippen molar-refractivity contribution in [2.45, 2.75) is 30.8 Å². The second kappa shape index (κ2) is 9.07. The van der Waals surface area contributed by atoms with E-state index in [9.17, 15) is 13.7 Å². The maximum atomic E-state index is 14.2. The molecule has 2 unspecified atom stereocenters. The van der Waals surface area contributed by atoms with Crippen LogP contribution in [0.15, 0.2) is 53.7 Å². The van der Waals surface area contributed by atoms with Crippen molar-refractivity contribution in [1.29, 1.82) is 0 Å². The van der Waals surface area contributed by atoms with Crippen LogP contribution in [0.25, 0.3) is 10.9 Å². The SMILES string of the molecule is C=CC12OC[C@@H](Oc3cc(F)ccc3Nc3ncnc4cc(N=S(C)(C)=O)cc(C)c34)C1OC[C@H]2O. The van der Waals surface area contributed by atoms with Gasteiger partial charge in [0, 0.05) is 33.7 Å². The van der Waals surface area contributed by atoms with E-state index in [4.69, 9.17) is 14.2 Å². The predicted molar refractivity (Wildman–Crippen MR) is 135 cm³/mol. The molecule has 11 heteroatoms. The first-order valence-electron chi connectivity index (χ1n) is 11.3. The van der Waals surface area contributed by atoms with Crippen LogP contribution >= 0.6 is 0 Å². The van der Waals surface area contributed by atoms with Crippen molar-refractivity contribution < 1.29 is 27.9 Å². The Morgan fingerprint density at radius 3 is 2.86 bits per heavy atom. The minimum atomic E-state index is -2.34. The zero-order valence-corrected chi connectivity index (χ0v) is 20.9. The van der Waals surface area contributed by atoms with Crippen molar-refractivity contribution in [3.05, 3.63) is 60.7 Å². The van der Waals surface area contributed by atoms with E-state index in [1.54, 1.807) is 24.6 Å². The lowest BCUT2D eigenvalue weighted by molar-refractivity contribution is -0.0398. The van der Waals surface area contributed by atoms with Gasteiger partial charge in [-0.05, 0) is 36.8 Å². The lowest BCUT2D eigenvalue weighted by atomic mass is 9.92. The predicted octanol–water partition coefficient (Wildman–Crippen LogP) is 3.64. The molecule has 36 heavy (non-hydrogen) atoms. The van der Waals surface area contributed by atoms with Gasteiger partial charge in [0.1, 0.15) is 41.5 Å². The second-order valence-electron chi connectivity index (χ2n) is 9.21. The summed E-state index contributed by atoms with van der Waals surface area (Å²) in [6, 6.07) is 7.71. The maximum Gasteiger partial charge on any atom is 0.151 e. The van der Waals surface area contributed by atoms with Gasteiger partial charge in [-0.1, -0.05) is 6.08 Å². The summed E-state index contributed by atoms with van der Waals surface area (Å²) < 4.78 is 48.4. The number of hydrogen-bond donors (Lipinski definition) is 2. The molecule has 1 aromatic heterocycles. The highest BCUT2D eigenvalue weighted by atomic mass is 32.2. The van der Waals surface area contributed by atoms with Gasteiger partial charge in [-0.25, -0.2) is 18.6 Å². The Hall–Kier alpha value is -3.12. The molecule has 190 valence electrons. The Morgan fingerprint density at radius 1 is 1.31 bits per heavy atom. The number of nitrogens with zero attached hydrogens (tertiary/aromatic N) is 3. The van der Waals surface area contributed by atoms with Crippen LogP contribution in [0.2, 0.25) is 0 Å². The average molecular weight is 515 g/mol. The Kier molecular flexibility index (Phi) is 6.19. The van der Waals surface area contributed by atoms with Crippen molar-refractivity contribution >= 4 is 37.8 Å². The molecule has 2 fully saturated rings. The lowest BCUT2D eigenvalue weighted by Gasteiger charge is -2.26. The minimum absolute atomic E-state index is 0.0936. The van der Waals surface area contributed by atoms with Gasteiger partial charge in [0.2, 0.25) is 0 Å². The van der Waals surface area contributed by atoms with E-state index in [0.717, 1.165) is 10.9 Å². The van der Waals surface area contributed by atoms with E-state index in [1.807, 2.05) is 13.0 Å². The van der Waals surface area contributed by atoms with E-state index in [-0.39, 0.29) is 19.0 Å². The third kappa shape index (κ3) is 4.43. The molecule has 4 atom stereocenters. The zero-order chi connectivity index (χ0) is 25.7. The standard InChI is InChI=1S/C25H27FN4O5S/c1-5-25-21(31)12-33-23(25)20(11-34-25)35-19-9-15(26)6-7-17(19)29-24-22-14(2)8-16(30-36(3,4)32)10-18(22)27-13-28-24/h5-10,13,20-21,23,31H,1,11-12H2,2-4H3,(H,27,28,29)/t20-,21-,23?,25?/m1/s1. The summed E-state index contributed by atoms with van der Waals surface area (Å²) in [4.78, 5) is 8.75. The average Bonchev–Trinajstić information content (AvgIpc) is 3.32. The van der Waals surface area contributed by atoms with E-state index in [2.05, 4.69) is 26.2 Å². The van der Waals surface area contributed by atoms with Gasteiger partial charge in [-0.3, -0.25) is 0 Å². The Balaban J connectivity index is 1.49. The number of hydrogen-bond acceptors (Lipinski definition) is 9. The number of fused-ring (bicyclic) bond motifs is 2. The fourth-order valence-electron chi connectivity index (χ4n) is 4.70. The molecule has 2 aliphatic heterocycles. The Morgan fingerprint density at radius 2 is 2.11 bits per heavy atom. The first kappa shape index (κ1) is 24.6. The number of halogens is 1. The van der Waals surface area contributed by atoms with Crippen molar-refractivity contribution in [2.75, 3.05) is 31.0 Å². The smallest absolute Gasteiger partial charge is 0.151 e. The topological polar surface area (TPSA) is 115 Å². The molecule has 0 bridgehead atoms. The molecule has 2 aromatic carbocycles. The molecular formula is C25H27FN4O5S. The van der Waals surface area contributed by atoms with Gasteiger partial charge >= 0.3 is 0 Å². The number of ether oxygens (including phenoxy) is 3. The molecule has 3 aromatic rings. The van der Waals surface area contributed by atoms with Gasteiger partial charge in [0.25, 0.3) is 0 Å². The molecule has 2 saturated heterocycles. The molecule has 0 saturated carbocycles. The summed E-state index contributed by atoms with van der Waals surface area (Å²) in [6.07, 6.45) is 4.05. The van der Waals surface area contributed by atoms with Crippen molar-refractivity contribution in [1.82, 2.24) is 9.97 Å². The Bertz CT molecular complexity index is 1470. The molecule has 2 aliphatic rings. The summed E-state index contributed by atoms with van der Waals surface area (Å²) in [7, 11) is -2.34. The number of benzene rings is 2. The van der Waals surface area contributed by atoms with Gasteiger partial charge in [0.15, 0.2) is 6.10 Å². The fourth-order valence-corrected chi connectivity index (χ4v) is 5.32. The van der Waals surface area contributed by atoms with Gasteiger partial charge in [-0.15, -0.1) is 6.58 Å². The first-order chi connectivity index (χ1) is 17.1. The van der Waals surface area contributed by atoms with Gasteiger partial charge in [-0.2, -0.15) is 4.36 Å². The quantitative estimate of drug-likeness (QED) is 0.479. The monoisotopic (exact) mass is 514 g/mol. The summed E-state index contributed by atoms with van der Waals surface area (Å²) in [5, 5.41) is 14.3. The highest BCUT2D eigenvalue weighted by Gasteiger charge is 2.59. The molecule has 0 aliphatic carbocycles. The van der Waals surface area contributed by atoms with Crippen molar-refractivity contribution in [3.63, 3.8) is 0 Å². The molecule has 9 nitrogen and oxygen atoms in total. The van der Waals surface area contributed by atoms with Crippen molar-refractivity contribution in [3.8, 4) is 5.75 Å². The lowest BCUT2D eigenvalue weighted by Crippen LogP contribution is -2.46. The fraction of sp³-hybridized carbons (Fsp3) is 0.360. The number of aliphatic hydroxyl groups is 1. The first-order valence-corrected chi connectivity index (χ1v) is 13.7. The zero-order valence-electron chi connectivity index (χ0n) is 20.1. The van der Waals surface area contributed by atoms with Gasteiger partial charge < -0.3 is 24.6 Å². The molecular weight excluding hydrogens is 487 g/mol. The molecule has 0 spiro atoms. The third-order valence-corrected chi connectivity index (χ3v) is 6.92. The molecule has 0 amide bonds. The van der Waals surface area contributed by atoms with Crippen LogP contribution < -0.4 is 10.1 Å². The van der Waals surface area contributed by atoms with E-state index in [1.165, 1.54) is 24.5 Å². The highest BCUT2D eigenvalue weighted by molar-refractivity contribution is 7.92. The van der Waals surface area contributed by atoms with Crippen LogP contribution in [0.1, 0.15) is 5.56 Å². The third-order valence-electron chi connectivity index (χ3n) is 6.27.